The van der Waals surface area contributed by atoms with Crippen LogP contribution in [0.3, 0.4) is 0 Å². The topological polar surface area (TPSA) is 11.4 Å². The molecule has 4 heteroatoms. The van der Waals surface area contributed by atoms with E-state index in [1.807, 2.05) is 0 Å². The van der Waals surface area contributed by atoms with Crippen LogP contribution >= 0.6 is 0 Å². The Morgan fingerprint density at radius 2 is 0.685 bits per heavy atom. The van der Waals surface area contributed by atoms with Gasteiger partial charge in [0.25, 0.3) is 6.71 Å². The lowest BCUT2D eigenvalue weighted by molar-refractivity contribution is 0.794. The van der Waals surface area contributed by atoms with Crippen LogP contribution in [0.2, 0.25) is 0 Å². The number of anilines is 6. The Kier molecular flexibility index (Phi) is 10.8. The molecule has 1 aromatic heterocycles. The number of rotatable bonds is 7. The van der Waals surface area contributed by atoms with Crippen LogP contribution in [0.1, 0.15) is 22.3 Å². The number of fused-ring (bicyclic) bond motifs is 17. The van der Waals surface area contributed by atoms with Crippen molar-refractivity contribution >= 4 is 79.0 Å². The van der Waals surface area contributed by atoms with Crippen molar-refractivity contribution in [3.8, 4) is 72.4 Å². The van der Waals surface area contributed by atoms with Crippen LogP contribution in [0.15, 0.2) is 328 Å². The zero-order valence-electron chi connectivity index (χ0n) is 48.6. The van der Waals surface area contributed by atoms with Gasteiger partial charge >= 0.3 is 0 Å². The van der Waals surface area contributed by atoms with E-state index in [-0.39, 0.29) is 6.71 Å². The van der Waals surface area contributed by atoms with E-state index in [0.717, 1.165) is 78.5 Å². The van der Waals surface area contributed by atoms with Gasteiger partial charge in [0.2, 0.25) is 0 Å². The molecule has 0 atom stereocenters. The Morgan fingerprint density at radius 3 is 1.26 bits per heavy atom. The fourth-order valence-electron chi connectivity index (χ4n) is 16.2. The highest BCUT2D eigenvalue weighted by Crippen LogP contribution is 2.64. The first kappa shape index (κ1) is 49.8. The Hall–Kier alpha value is -11.5. The Balaban J connectivity index is 1.01. The molecule has 4 aliphatic rings. The van der Waals surface area contributed by atoms with E-state index in [4.69, 9.17) is 0 Å². The molecular weight excluding hydrogens is 1070 g/mol. The third-order valence-corrected chi connectivity index (χ3v) is 19.8. The second-order valence-corrected chi connectivity index (χ2v) is 24.2. The molecular formula is C85H54BN3. The molecule has 89 heavy (non-hydrogen) atoms. The van der Waals surface area contributed by atoms with Gasteiger partial charge in [0.05, 0.1) is 33.5 Å². The van der Waals surface area contributed by atoms with Gasteiger partial charge in [0.1, 0.15) is 0 Å². The summed E-state index contributed by atoms with van der Waals surface area (Å²) < 4.78 is 2.53. The zero-order valence-corrected chi connectivity index (χ0v) is 48.6. The van der Waals surface area contributed by atoms with Crippen LogP contribution in [0.4, 0.5) is 34.1 Å². The molecule has 0 fully saturated rings. The lowest BCUT2D eigenvalue weighted by Gasteiger charge is -2.46. The Bertz CT molecular complexity index is 5240. The molecule has 0 amide bonds. The Labute approximate surface area is 518 Å². The molecule has 19 rings (SSSR count). The summed E-state index contributed by atoms with van der Waals surface area (Å²) in [4.78, 5) is 5.34. The smallest absolute Gasteiger partial charge is 0.252 e. The first-order valence-electron chi connectivity index (χ1n) is 31.0. The van der Waals surface area contributed by atoms with E-state index in [0.29, 0.717) is 0 Å². The monoisotopic (exact) mass is 1130 g/mol. The number of nitrogens with zero attached hydrogens (tertiary/aromatic N) is 3. The second-order valence-electron chi connectivity index (χ2n) is 24.2. The van der Waals surface area contributed by atoms with Gasteiger partial charge in [-0.3, -0.25) is 0 Å². The average molecular weight is 1130 g/mol. The summed E-state index contributed by atoms with van der Waals surface area (Å²) in [6.45, 7) is -0.237. The van der Waals surface area contributed by atoms with Crippen molar-refractivity contribution < 1.29 is 0 Å². The zero-order chi connectivity index (χ0) is 58.3. The molecule has 1 spiro atoms. The minimum Gasteiger partial charge on any atom is -0.311 e. The van der Waals surface area contributed by atoms with E-state index >= 15 is 0 Å². The van der Waals surface area contributed by atoms with Crippen molar-refractivity contribution in [3.05, 3.63) is 350 Å². The largest absolute Gasteiger partial charge is 0.311 e. The maximum atomic E-state index is 2.68. The highest BCUT2D eigenvalue weighted by molar-refractivity contribution is 7.00. The van der Waals surface area contributed by atoms with Crippen molar-refractivity contribution in [3.63, 3.8) is 0 Å². The number of para-hydroxylation sites is 4. The van der Waals surface area contributed by atoms with Gasteiger partial charge in [-0.1, -0.05) is 285 Å². The third kappa shape index (κ3) is 7.05. The fraction of sp³-hybridized carbons (Fsp3) is 0.0118. The first-order chi connectivity index (χ1) is 44.2. The minimum atomic E-state index is -0.570. The van der Waals surface area contributed by atoms with Crippen molar-refractivity contribution in [1.82, 2.24) is 4.57 Å². The van der Waals surface area contributed by atoms with Crippen LogP contribution in [-0.2, 0) is 5.41 Å². The normalized spacial score (nSPS) is 13.4. The van der Waals surface area contributed by atoms with Crippen LogP contribution < -0.4 is 26.2 Å². The molecule has 3 heterocycles. The first-order valence-corrected chi connectivity index (χ1v) is 31.0. The van der Waals surface area contributed by atoms with Crippen LogP contribution in [0, 0.1) is 0 Å². The highest BCUT2D eigenvalue weighted by atomic mass is 15.2. The number of hydrogen-bond donors (Lipinski definition) is 0. The van der Waals surface area contributed by atoms with Gasteiger partial charge in [-0.25, -0.2) is 0 Å². The fourth-order valence-corrected chi connectivity index (χ4v) is 16.2. The summed E-state index contributed by atoms with van der Waals surface area (Å²) in [5, 5.41) is 2.44. The van der Waals surface area contributed by atoms with E-state index in [2.05, 4.69) is 342 Å². The van der Waals surface area contributed by atoms with Gasteiger partial charge in [0, 0.05) is 50.2 Å². The van der Waals surface area contributed by atoms with E-state index < -0.39 is 5.41 Å². The molecule has 15 aromatic rings. The maximum absolute atomic E-state index is 2.68. The van der Waals surface area contributed by atoms with E-state index in [9.17, 15) is 0 Å². The lowest BCUT2D eigenvalue weighted by Crippen LogP contribution is -2.61. The van der Waals surface area contributed by atoms with E-state index in [1.165, 1.54) is 88.5 Å². The molecule has 0 radical (unpaired) electrons. The standard InChI is InChI=1S/C85H54BN3/c1-5-26-55(27-6-1)59-48-49-79-74(50-59)86-75-54-73-69(66-37-15-21-44-72(66)85(73)70-42-19-13-35-64(70)65-36-14-20-43-71(65)85)53-80(75)88(76-45-22-16-34-61(76)56-28-7-2-8-29-56)81-51-60(87-77-46-23-17-38-67(77)68-39-18-24-47-78(68)87)52-82(83(81)86)89(79)84-62(57-30-9-3-10-31-57)40-25-41-63(84)58-32-11-4-12-33-58/h1-54H. The number of benzene rings is 14. The Morgan fingerprint density at radius 1 is 0.247 bits per heavy atom. The van der Waals surface area contributed by atoms with Crippen molar-refractivity contribution in [2.45, 2.75) is 5.41 Å². The van der Waals surface area contributed by atoms with E-state index in [1.54, 1.807) is 0 Å². The second kappa shape index (κ2) is 19.3. The van der Waals surface area contributed by atoms with Gasteiger partial charge < -0.3 is 14.4 Å². The summed E-state index contributed by atoms with van der Waals surface area (Å²) in [5.74, 6) is 0. The summed E-state index contributed by atoms with van der Waals surface area (Å²) in [7, 11) is 0. The molecule has 0 saturated carbocycles. The van der Waals surface area contributed by atoms with Gasteiger partial charge in [0.15, 0.2) is 0 Å². The molecule has 0 unspecified atom stereocenters. The highest BCUT2D eigenvalue weighted by Gasteiger charge is 2.54. The number of aromatic nitrogens is 1. The summed E-state index contributed by atoms with van der Waals surface area (Å²) in [6, 6.07) is 123. The molecule has 3 nitrogen and oxygen atoms in total. The van der Waals surface area contributed by atoms with Crippen molar-refractivity contribution in [2.24, 2.45) is 0 Å². The average Bonchev–Trinajstić information content (AvgIpc) is 1.65. The molecule has 2 aliphatic heterocycles. The summed E-state index contributed by atoms with van der Waals surface area (Å²) in [5.41, 5.74) is 33.1. The molecule has 2 aliphatic carbocycles. The summed E-state index contributed by atoms with van der Waals surface area (Å²) >= 11 is 0. The van der Waals surface area contributed by atoms with Crippen LogP contribution in [-0.4, -0.2) is 11.3 Å². The molecule has 0 bridgehead atoms. The third-order valence-electron chi connectivity index (χ3n) is 19.8. The quantitative estimate of drug-likeness (QED) is 0.147. The molecule has 412 valence electrons. The predicted molar refractivity (Wildman–Crippen MR) is 373 cm³/mol. The molecule has 14 aromatic carbocycles. The van der Waals surface area contributed by atoms with Crippen molar-refractivity contribution in [2.75, 3.05) is 9.80 Å². The molecule has 0 saturated heterocycles. The van der Waals surface area contributed by atoms with Gasteiger partial charge in [-0.15, -0.1) is 0 Å². The van der Waals surface area contributed by atoms with Crippen LogP contribution in [0.5, 0.6) is 0 Å². The van der Waals surface area contributed by atoms with Crippen LogP contribution in [0.25, 0.3) is 94.3 Å². The van der Waals surface area contributed by atoms with Crippen molar-refractivity contribution in [1.29, 1.82) is 0 Å². The van der Waals surface area contributed by atoms with Gasteiger partial charge in [-0.2, -0.15) is 0 Å². The minimum absolute atomic E-state index is 0.237. The maximum Gasteiger partial charge on any atom is 0.252 e. The molecule has 0 N–H and O–H groups in total. The summed E-state index contributed by atoms with van der Waals surface area (Å²) in [6.07, 6.45) is 0. The predicted octanol–water partition coefficient (Wildman–Crippen LogP) is 19.9. The van der Waals surface area contributed by atoms with Gasteiger partial charge in [-0.05, 0) is 131 Å². The lowest BCUT2D eigenvalue weighted by atomic mass is 9.33. The number of hydrogen-bond acceptors (Lipinski definition) is 2. The SMILES string of the molecule is c1ccc(-c2ccc3c(c2)B2c4cc5c(cc4N(c4ccccc4-c4ccccc4)c4cc(-n6c7ccccc7c7ccccc76)cc(c42)N3c2c(-c3ccccc3)cccc2-c2ccccc2)-c2ccccc2C52c3ccccc3-c3ccccc32)cc1.